The Kier molecular flexibility index (Phi) is 7.41. The van der Waals surface area contributed by atoms with Gasteiger partial charge in [0, 0.05) is 31.6 Å². The first-order chi connectivity index (χ1) is 14.4. The SMILES string of the molecule is COc1ccc(S(=O)(=O)N2CCOCC2)cc1C(=O)N(C)Cc1ccc(SC)cc1. The van der Waals surface area contributed by atoms with Gasteiger partial charge in [-0.1, -0.05) is 12.1 Å². The summed E-state index contributed by atoms with van der Waals surface area (Å²) in [5.74, 6) is 0.0327. The molecule has 1 aliphatic heterocycles. The molecule has 3 rings (SSSR count). The summed E-state index contributed by atoms with van der Waals surface area (Å²) in [6.07, 6.45) is 2.01. The van der Waals surface area contributed by atoms with Gasteiger partial charge in [-0.25, -0.2) is 8.42 Å². The summed E-state index contributed by atoms with van der Waals surface area (Å²) in [6.45, 7) is 1.71. The van der Waals surface area contributed by atoms with Gasteiger partial charge >= 0.3 is 0 Å². The van der Waals surface area contributed by atoms with Gasteiger partial charge in [-0.2, -0.15) is 4.31 Å². The van der Waals surface area contributed by atoms with Gasteiger partial charge in [0.05, 0.1) is 30.8 Å². The monoisotopic (exact) mass is 450 g/mol. The number of morpholine rings is 1. The molecule has 1 fully saturated rings. The van der Waals surface area contributed by atoms with E-state index in [-0.39, 0.29) is 16.4 Å². The molecule has 162 valence electrons. The van der Waals surface area contributed by atoms with Crippen LogP contribution in [0.4, 0.5) is 0 Å². The fourth-order valence-corrected chi connectivity index (χ4v) is 5.08. The number of hydrogen-bond donors (Lipinski definition) is 0. The summed E-state index contributed by atoms with van der Waals surface area (Å²) in [5.41, 5.74) is 1.20. The zero-order valence-corrected chi connectivity index (χ0v) is 19.0. The lowest BCUT2D eigenvalue weighted by Crippen LogP contribution is -2.40. The van der Waals surface area contributed by atoms with Crippen molar-refractivity contribution in [1.82, 2.24) is 9.21 Å². The average Bonchev–Trinajstić information content (AvgIpc) is 2.79. The number of thioether (sulfide) groups is 1. The lowest BCUT2D eigenvalue weighted by molar-refractivity contribution is 0.0730. The van der Waals surface area contributed by atoms with Crippen molar-refractivity contribution in [2.75, 3.05) is 46.7 Å². The number of benzene rings is 2. The van der Waals surface area contributed by atoms with Gasteiger partial charge in [-0.05, 0) is 42.2 Å². The van der Waals surface area contributed by atoms with Crippen LogP contribution < -0.4 is 4.74 Å². The van der Waals surface area contributed by atoms with Gasteiger partial charge in [-0.3, -0.25) is 4.79 Å². The number of methoxy groups -OCH3 is 1. The van der Waals surface area contributed by atoms with Gasteiger partial charge in [-0.15, -0.1) is 11.8 Å². The van der Waals surface area contributed by atoms with Crippen molar-refractivity contribution in [1.29, 1.82) is 0 Å². The molecule has 0 N–H and O–H groups in total. The number of carbonyl (C=O) groups is 1. The fourth-order valence-electron chi connectivity index (χ4n) is 3.23. The highest BCUT2D eigenvalue weighted by molar-refractivity contribution is 7.98. The Morgan fingerprint density at radius 2 is 1.83 bits per heavy atom. The van der Waals surface area contributed by atoms with Crippen molar-refractivity contribution in [2.24, 2.45) is 0 Å². The molecule has 2 aromatic rings. The van der Waals surface area contributed by atoms with Crippen molar-refractivity contribution >= 4 is 27.7 Å². The van der Waals surface area contributed by atoms with Crippen LogP contribution in [0.5, 0.6) is 5.75 Å². The van der Waals surface area contributed by atoms with E-state index in [4.69, 9.17) is 9.47 Å². The molecule has 0 unspecified atom stereocenters. The standard InChI is InChI=1S/C21H26N2O5S2/c1-22(15-16-4-6-17(29-3)7-5-16)21(24)19-14-18(8-9-20(19)27-2)30(25,26)23-10-12-28-13-11-23/h4-9,14H,10-13,15H2,1-3H3. The summed E-state index contributed by atoms with van der Waals surface area (Å²) < 4.78 is 37.9. The molecule has 1 heterocycles. The van der Waals surface area contributed by atoms with Crippen LogP contribution in [0, 0.1) is 0 Å². The molecule has 0 atom stereocenters. The third-order valence-electron chi connectivity index (χ3n) is 4.93. The lowest BCUT2D eigenvalue weighted by atomic mass is 10.1. The molecule has 2 aromatic carbocycles. The van der Waals surface area contributed by atoms with Gasteiger partial charge in [0.25, 0.3) is 5.91 Å². The highest BCUT2D eigenvalue weighted by Gasteiger charge is 2.28. The molecular weight excluding hydrogens is 424 g/mol. The highest BCUT2D eigenvalue weighted by Crippen LogP contribution is 2.26. The van der Waals surface area contributed by atoms with E-state index in [1.54, 1.807) is 23.7 Å². The van der Waals surface area contributed by atoms with Crippen molar-refractivity contribution in [2.45, 2.75) is 16.3 Å². The van der Waals surface area contributed by atoms with E-state index in [9.17, 15) is 13.2 Å². The Balaban J connectivity index is 1.85. The second kappa shape index (κ2) is 9.82. The van der Waals surface area contributed by atoms with E-state index in [1.807, 2.05) is 30.5 Å². The summed E-state index contributed by atoms with van der Waals surface area (Å²) >= 11 is 1.65. The molecule has 30 heavy (non-hydrogen) atoms. The van der Waals surface area contributed by atoms with E-state index in [2.05, 4.69) is 0 Å². The van der Waals surface area contributed by atoms with Crippen molar-refractivity contribution in [3.8, 4) is 5.75 Å². The zero-order chi connectivity index (χ0) is 21.7. The van der Waals surface area contributed by atoms with Crippen LogP contribution in [-0.2, 0) is 21.3 Å². The second-order valence-electron chi connectivity index (χ2n) is 6.89. The molecule has 0 saturated carbocycles. The maximum Gasteiger partial charge on any atom is 0.257 e. The first-order valence-corrected chi connectivity index (χ1v) is 12.2. The van der Waals surface area contributed by atoms with Crippen LogP contribution in [0.25, 0.3) is 0 Å². The average molecular weight is 451 g/mol. The number of ether oxygens (including phenoxy) is 2. The fraction of sp³-hybridized carbons (Fsp3) is 0.381. The van der Waals surface area contributed by atoms with Gasteiger partial charge in [0.15, 0.2) is 0 Å². The largest absolute Gasteiger partial charge is 0.496 e. The zero-order valence-electron chi connectivity index (χ0n) is 17.3. The van der Waals surface area contributed by atoms with Crippen molar-refractivity contribution in [3.05, 3.63) is 53.6 Å². The number of hydrogen-bond acceptors (Lipinski definition) is 6. The van der Waals surface area contributed by atoms with Crippen LogP contribution in [0.3, 0.4) is 0 Å². The van der Waals surface area contributed by atoms with Gasteiger partial charge in [0.1, 0.15) is 5.75 Å². The predicted molar refractivity (Wildman–Crippen MR) is 117 cm³/mol. The Bertz CT molecular complexity index is 987. The summed E-state index contributed by atoms with van der Waals surface area (Å²) in [5, 5.41) is 0. The maximum atomic E-state index is 13.1. The molecule has 7 nitrogen and oxygen atoms in total. The second-order valence-corrected chi connectivity index (χ2v) is 9.71. The van der Waals surface area contributed by atoms with Crippen LogP contribution >= 0.6 is 11.8 Å². The number of sulfonamides is 1. The molecule has 1 saturated heterocycles. The number of nitrogens with zero attached hydrogens (tertiary/aromatic N) is 2. The quantitative estimate of drug-likeness (QED) is 0.604. The van der Waals surface area contributed by atoms with E-state index in [0.717, 1.165) is 10.5 Å². The first kappa shape index (κ1) is 22.6. The van der Waals surface area contributed by atoms with Gasteiger partial charge < -0.3 is 14.4 Å². The molecular formula is C21H26N2O5S2. The third kappa shape index (κ3) is 4.97. The normalized spacial score (nSPS) is 15.0. The molecule has 1 aliphatic rings. The Hall–Kier alpha value is -2.07. The molecule has 9 heteroatoms. The Morgan fingerprint density at radius 3 is 2.43 bits per heavy atom. The molecule has 0 bridgehead atoms. The van der Waals surface area contributed by atoms with E-state index >= 15 is 0 Å². The van der Waals surface area contributed by atoms with Crippen LogP contribution in [-0.4, -0.2) is 70.2 Å². The predicted octanol–water partition coefficient (Wildman–Crippen LogP) is 2.71. The van der Waals surface area contributed by atoms with E-state index < -0.39 is 10.0 Å². The maximum absolute atomic E-state index is 13.1. The number of carbonyl (C=O) groups excluding carboxylic acids is 1. The van der Waals surface area contributed by atoms with Crippen LogP contribution in [0.15, 0.2) is 52.3 Å². The topological polar surface area (TPSA) is 76.1 Å². The summed E-state index contributed by atoms with van der Waals surface area (Å²) in [4.78, 5) is 15.9. The molecule has 0 aliphatic carbocycles. The molecule has 1 amide bonds. The van der Waals surface area contributed by atoms with Crippen molar-refractivity contribution in [3.63, 3.8) is 0 Å². The van der Waals surface area contributed by atoms with E-state index in [1.165, 1.54) is 29.6 Å². The van der Waals surface area contributed by atoms with Crippen molar-refractivity contribution < 1.29 is 22.7 Å². The third-order valence-corrected chi connectivity index (χ3v) is 7.57. The summed E-state index contributed by atoms with van der Waals surface area (Å²) in [7, 11) is -0.561. The minimum Gasteiger partial charge on any atom is -0.496 e. The molecule has 0 spiro atoms. The van der Waals surface area contributed by atoms with Gasteiger partial charge in [0.2, 0.25) is 10.0 Å². The smallest absolute Gasteiger partial charge is 0.257 e. The van der Waals surface area contributed by atoms with E-state index in [0.29, 0.717) is 38.6 Å². The molecule has 0 radical (unpaired) electrons. The minimum absolute atomic E-state index is 0.0753. The van der Waals surface area contributed by atoms with Crippen LogP contribution in [0.2, 0.25) is 0 Å². The number of amides is 1. The highest BCUT2D eigenvalue weighted by atomic mass is 32.2. The Morgan fingerprint density at radius 1 is 1.17 bits per heavy atom. The minimum atomic E-state index is -3.71. The van der Waals surface area contributed by atoms with Crippen LogP contribution in [0.1, 0.15) is 15.9 Å². The number of rotatable bonds is 7. The molecule has 0 aromatic heterocycles. The summed E-state index contributed by atoms with van der Waals surface area (Å²) in [6, 6.07) is 12.4. The lowest BCUT2D eigenvalue weighted by Gasteiger charge is -2.26. The first-order valence-electron chi connectivity index (χ1n) is 9.51. The Labute approximate surface area is 182 Å².